The van der Waals surface area contributed by atoms with Crippen molar-refractivity contribution >= 4 is 5.69 Å². The number of nitrogens with two attached hydrogens (primary N) is 1. The third-order valence-electron chi connectivity index (χ3n) is 2.49. The molecule has 0 amide bonds. The summed E-state index contributed by atoms with van der Waals surface area (Å²) in [7, 11) is 0. The van der Waals surface area contributed by atoms with Crippen molar-refractivity contribution in [1.82, 2.24) is 0 Å². The van der Waals surface area contributed by atoms with E-state index in [0.29, 0.717) is 0 Å². The SMILES string of the molecule is Nc1ccc(Oc2c(F)cc(C(F)(F)F)cc2F)c(F)c1. The molecule has 8 heteroatoms. The van der Waals surface area contributed by atoms with Crippen LogP contribution in [-0.2, 0) is 6.18 Å². The van der Waals surface area contributed by atoms with Crippen LogP contribution in [0.2, 0.25) is 0 Å². The molecule has 0 heterocycles. The number of halogens is 6. The van der Waals surface area contributed by atoms with Gasteiger partial charge in [-0.05, 0) is 24.3 Å². The Morgan fingerprint density at radius 3 is 1.90 bits per heavy atom. The highest BCUT2D eigenvalue weighted by molar-refractivity contribution is 5.45. The first kappa shape index (κ1) is 15.0. The first-order valence-electron chi connectivity index (χ1n) is 5.47. The molecule has 2 aromatic carbocycles. The Bertz CT molecular complexity index is 660. The average Bonchev–Trinajstić information content (AvgIpc) is 2.34. The molecule has 0 radical (unpaired) electrons. The van der Waals surface area contributed by atoms with Crippen molar-refractivity contribution < 1.29 is 31.1 Å². The molecule has 0 bridgehead atoms. The molecule has 0 saturated carbocycles. The summed E-state index contributed by atoms with van der Waals surface area (Å²) in [5.74, 6) is -5.90. The zero-order chi connectivity index (χ0) is 15.8. The molecule has 0 aliphatic rings. The Morgan fingerprint density at radius 1 is 0.857 bits per heavy atom. The van der Waals surface area contributed by atoms with E-state index >= 15 is 0 Å². The van der Waals surface area contributed by atoms with Crippen molar-refractivity contribution in [3.05, 3.63) is 53.3 Å². The fourth-order valence-electron chi connectivity index (χ4n) is 1.53. The second kappa shape index (κ2) is 5.19. The zero-order valence-corrected chi connectivity index (χ0v) is 10.1. The van der Waals surface area contributed by atoms with Crippen molar-refractivity contribution in [2.24, 2.45) is 0 Å². The predicted octanol–water partition coefficient (Wildman–Crippen LogP) is 4.50. The van der Waals surface area contributed by atoms with Gasteiger partial charge in [0.05, 0.1) is 5.56 Å². The van der Waals surface area contributed by atoms with E-state index in [1.54, 1.807) is 0 Å². The van der Waals surface area contributed by atoms with Gasteiger partial charge in [0.2, 0.25) is 0 Å². The molecule has 0 saturated heterocycles. The highest BCUT2D eigenvalue weighted by atomic mass is 19.4. The van der Waals surface area contributed by atoms with Gasteiger partial charge < -0.3 is 10.5 Å². The molecular weight excluding hydrogens is 300 g/mol. The number of ether oxygens (including phenoxy) is 1. The van der Waals surface area contributed by atoms with Crippen LogP contribution in [0.25, 0.3) is 0 Å². The van der Waals surface area contributed by atoms with E-state index in [2.05, 4.69) is 4.74 Å². The lowest BCUT2D eigenvalue weighted by molar-refractivity contribution is -0.138. The van der Waals surface area contributed by atoms with Gasteiger partial charge in [0, 0.05) is 11.8 Å². The Hall–Kier alpha value is -2.38. The lowest BCUT2D eigenvalue weighted by Gasteiger charge is -2.12. The van der Waals surface area contributed by atoms with Crippen LogP contribution < -0.4 is 10.5 Å². The molecule has 0 aromatic heterocycles. The molecule has 0 unspecified atom stereocenters. The average molecular weight is 307 g/mol. The summed E-state index contributed by atoms with van der Waals surface area (Å²) in [4.78, 5) is 0. The second-order valence-corrected chi connectivity index (χ2v) is 4.06. The van der Waals surface area contributed by atoms with Crippen LogP contribution in [0.3, 0.4) is 0 Å². The molecule has 0 spiro atoms. The van der Waals surface area contributed by atoms with Crippen molar-refractivity contribution in [2.75, 3.05) is 5.73 Å². The fourth-order valence-corrected chi connectivity index (χ4v) is 1.53. The molecule has 0 aliphatic carbocycles. The number of rotatable bonds is 2. The van der Waals surface area contributed by atoms with Gasteiger partial charge in [-0.15, -0.1) is 0 Å². The van der Waals surface area contributed by atoms with Gasteiger partial charge >= 0.3 is 6.18 Å². The smallest absolute Gasteiger partial charge is 0.416 e. The van der Waals surface area contributed by atoms with Crippen LogP contribution in [0, 0.1) is 17.5 Å². The van der Waals surface area contributed by atoms with Crippen LogP contribution in [-0.4, -0.2) is 0 Å². The summed E-state index contributed by atoms with van der Waals surface area (Å²) < 4.78 is 82.2. The summed E-state index contributed by atoms with van der Waals surface area (Å²) in [5.41, 5.74) is 3.82. The number of nitrogen functional groups attached to an aromatic ring is 1. The predicted molar refractivity (Wildman–Crippen MR) is 62.2 cm³/mol. The third-order valence-corrected chi connectivity index (χ3v) is 2.49. The molecule has 112 valence electrons. The minimum atomic E-state index is -4.91. The maximum atomic E-state index is 13.5. The van der Waals surface area contributed by atoms with Crippen molar-refractivity contribution in [3.63, 3.8) is 0 Å². The molecule has 0 fully saturated rings. The summed E-state index contributed by atoms with van der Waals surface area (Å²) in [6.07, 6.45) is -4.91. The van der Waals surface area contributed by atoms with E-state index < -0.39 is 40.7 Å². The molecule has 2 rings (SSSR count). The number of hydrogen-bond acceptors (Lipinski definition) is 2. The maximum Gasteiger partial charge on any atom is 0.416 e. The van der Waals surface area contributed by atoms with Crippen LogP contribution in [0.15, 0.2) is 30.3 Å². The largest absolute Gasteiger partial charge is 0.448 e. The summed E-state index contributed by atoms with van der Waals surface area (Å²) in [5, 5.41) is 0. The zero-order valence-electron chi connectivity index (χ0n) is 10.1. The molecule has 2 N–H and O–H groups in total. The van der Waals surface area contributed by atoms with E-state index in [-0.39, 0.29) is 17.8 Å². The fraction of sp³-hybridized carbons (Fsp3) is 0.0769. The van der Waals surface area contributed by atoms with Gasteiger partial charge in [-0.2, -0.15) is 13.2 Å². The lowest BCUT2D eigenvalue weighted by Crippen LogP contribution is -2.07. The first-order chi connectivity index (χ1) is 9.68. The van der Waals surface area contributed by atoms with E-state index in [1.807, 2.05) is 0 Å². The minimum absolute atomic E-state index is 0.0493. The lowest BCUT2D eigenvalue weighted by atomic mass is 10.2. The standard InChI is InChI=1S/C13H7F6NO/c14-8-5-7(20)1-2-11(8)21-12-9(15)3-6(4-10(12)16)13(17,18)19/h1-5H,20H2. The van der Waals surface area contributed by atoms with Gasteiger partial charge in [0.1, 0.15) is 0 Å². The molecule has 0 atom stereocenters. The van der Waals surface area contributed by atoms with Crippen molar-refractivity contribution in [3.8, 4) is 11.5 Å². The number of benzene rings is 2. The van der Waals surface area contributed by atoms with Gasteiger partial charge in [0.15, 0.2) is 29.0 Å². The molecule has 2 nitrogen and oxygen atoms in total. The second-order valence-electron chi connectivity index (χ2n) is 4.06. The van der Waals surface area contributed by atoms with E-state index in [4.69, 9.17) is 5.73 Å². The van der Waals surface area contributed by atoms with Crippen LogP contribution in [0.1, 0.15) is 5.56 Å². The van der Waals surface area contributed by atoms with Gasteiger partial charge in [-0.25, -0.2) is 13.2 Å². The van der Waals surface area contributed by atoms with E-state index in [1.165, 1.54) is 6.07 Å². The van der Waals surface area contributed by atoms with E-state index in [9.17, 15) is 26.3 Å². The van der Waals surface area contributed by atoms with E-state index in [0.717, 1.165) is 12.1 Å². The van der Waals surface area contributed by atoms with Crippen LogP contribution >= 0.6 is 0 Å². The quantitative estimate of drug-likeness (QED) is 0.655. The summed E-state index contributed by atoms with van der Waals surface area (Å²) in [6.45, 7) is 0. The normalized spacial score (nSPS) is 11.5. The number of alkyl halides is 3. The Balaban J connectivity index is 2.41. The Labute approximate surface area is 114 Å². The van der Waals surface area contributed by atoms with Gasteiger partial charge in [0.25, 0.3) is 0 Å². The monoisotopic (exact) mass is 307 g/mol. The molecular formula is C13H7F6NO. The Morgan fingerprint density at radius 2 is 1.43 bits per heavy atom. The molecule has 2 aromatic rings. The van der Waals surface area contributed by atoms with Crippen molar-refractivity contribution in [1.29, 1.82) is 0 Å². The number of hydrogen-bond donors (Lipinski definition) is 1. The first-order valence-corrected chi connectivity index (χ1v) is 5.47. The summed E-state index contributed by atoms with van der Waals surface area (Å²) in [6, 6.07) is 3.18. The maximum absolute atomic E-state index is 13.5. The van der Waals surface area contributed by atoms with Crippen LogP contribution in [0.5, 0.6) is 11.5 Å². The Kier molecular flexibility index (Phi) is 3.71. The highest BCUT2D eigenvalue weighted by Gasteiger charge is 2.33. The van der Waals surface area contributed by atoms with Crippen LogP contribution in [0.4, 0.5) is 32.0 Å². The minimum Gasteiger partial charge on any atom is -0.448 e. The van der Waals surface area contributed by atoms with Crippen molar-refractivity contribution in [2.45, 2.75) is 6.18 Å². The number of anilines is 1. The van der Waals surface area contributed by atoms with Gasteiger partial charge in [-0.1, -0.05) is 0 Å². The molecule has 21 heavy (non-hydrogen) atoms. The topological polar surface area (TPSA) is 35.2 Å². The summed E-state index contributed by atoms with van der Waals surface area (Å²) >= 11 is 0. The van der Waals surface area contributed by atoms with Gasteiger partial charge in [-0.3, -0.25) is 0 Å². The molecule has 0 aliphatic heterocycles. The third kappa shape index (κ3) is 3.21. The highest BCUT2D eigenvalue weighted by Crippen LogP contribution is 2.36.